The van der Waals surface area contributed by atoms with Crippen LogP contribution in [0.15, 0.2) is 53.6 Å². The van der Waals surface area contributed by atoms with Gasteiger partial charge in [-0.3, -0.25) is 4.79 Å². The van der Waals surface area contributed by atoms with Crippen molar-refractivity contribution in [2.24, 2.45) is 5.10 Å². The monoisotopic (exact) mass is 311 g/mol. The molecule has 0 atom stereocenters. The highest BCUT2D eigenvalue weighted by Crippen LogP contribution is 2.16. The number of anilines is 1. The topological polar surface area (TPSA) is 62.7 Å². The summed E-state index contributed by atoms with van der Waals surface area (Å²) in [6, 6.07) is 15.3. The van der Waals surface area contributed by atoms with E-state index in [4.69, 9.17) is 4.74 Å². The summed E-state index contributed by atoms with van der Waals surface area (Å²) in [6.45, 7) is 4.02. The highest BCUT2D eigenvalue weighted by atomic mass is 16.5. The van der Waals surface area contributed by atoms with Crippen LogP contribution in [0.25, 0.3) is 0 Å². The number of ether oxygens (including phenoxy) is 1. The van der Waals surface area contributed by atoms with Crippen LogP contribution in [0.2, 0.25) is 0 Å². The minimum atomic E-state index is -0.208. The van der Waals surface area contributed by atoms with Gasteiger partial charge in [0.25, 0.3) is 5.91 Å². The number of amides is 1. The number of hydrogen-bond donors (Lipinski definition) is 2. The summed E-state index contributed by atoms with van der Waals surface area (Å²) in [5, 5.41) is 7.19. The van der Waals surface area contributed by atoms with E-state index in [9.17, 15) is 4.79 Å². The SMILES string of the molecule is COc1cccc(NCC(=O)N/N=C(/C)c2ccccc2C)c1. The van der Waals surface area contributed by atoms with E-state index < -0.39 is 0 Å². The highest BCUT2D eigenvalue weighted by molar-refractivity contribution is 6.00. The van der Waals surface area contributed by atoms with Gasteiger partial charge in [-0.2, -0.15) is 5.10 Å². The largest absolute Gasteiger partial charge is 0.497 e. The average molecular weight is 311 g/mol. The zero-order valence-electron chi connectivity index (χ0n) is 13.6. The Morgan fingerprint density at radius 1 is 1.17 bits per heavy atom. The third-order valence-corrected chi connectivity index (χ3v) is 3.41. The first-order valence-corrected chi connectivity index (χ1v) is 7.37. The standard InChI is InChI=1S/C18H21N3O2/c1-13-7-4-5-10-17(13)14(2)20-21-18(22)12-19-15-8-6-9-16(11-15)23-3/h4-11,19H,12H2,1-3H3,(H,21,22)/b20-14-. The molecule has 2 rings (SSSR count). The van der Waals surface area contributed by atoms with Crippen molar-refractivity contribution in [2.45, 2.75) is 13.8 Å². The molecule has 2 aromatic rings. The summed E-state index contributed by atoms with van der Waals surface area (Å²) in [7, 11) is 1.61. The molecule has 0 radical (unpaired) electrons. The number of carbonyl (C=O) groups excluding carboxylic acids is 1. The summed E-state index contributed by atoms with van der Waals surface area (Å²) < 4.78 is 5.14. The second kappa shape index (κ2) is 7.98. The van der Waals surface area contributed by atoms with E-state index in [0.29, 0.717) is 0 Å². The molecule has 0 aliphatic carbocycles. The molecule has 0 fully saturated rings. The number of methoxy groups -OCH3 is 1. The first-order valence-electron chi connectivity index (χ1n) is 7.37. The van der Waals surface area contributed by atoms with E-state index in [1.54, 1.807) is 7.11 Å². The van der Waals surface area contributed by atoms with Crippen molar-refractivity contribution >= 4 is 17.3 Å². The Morgan fingerprint density at radius 2 is 1.96 bits per heavy atom. The lowest BCUT2D eigenvalue weighted by atomic mass is 10.1. The molecule has 0 spiro atoms. The first-order chi connectivity index (χ1) is 11.1. The molecule has 1 amide bonds. The Morgan fingerprint density at radius 3 is 2.70 bits per heavy atom. The van der Waals surface area contributed by atoms with Gasteiger partial charge >= 0.3 is 0 Å². The fourth-order valence-corrected chi connectivity index (χ4v) is 2.14. The number of carbonyl (C=O) groups is 1. The Hall–Kier alpha value is -2.82. The van der Waals surface area contributed by atoms with E-state index in [1.165, 1.54) is 0 Å². The summed E-state index contributed by atoms with van der Waals surface area (Å²) in [6.07, 6.45) is 0. The summed E-state index contributed by atoms with van der Waals surface area (Å²) in [5.74, 6) is 0.532. The van der Waals surface area contributed by atoms with Crippen molar-refractivity contribution < 1.29 is 9.53 Å². The maximum Gasteiger partial charge on any atom is 0.259 e. The number of hydrogen-bond acceptors (Lipinski definition) is 4. The van der Waals surface area contributed by atoms with Crippen LogP contribution in [0.1, 0.15) is 18.1 Å². The second-order valence-corrected chi connectivity index (χ2v) is 5.13. The average Bonchev–Trinajstić information content (AvgIpc) is 2.58. The number of nitrogens with one attached hydrogen (secondary N) is 2. The summed E-state index contributed by atoms with van der Waals surface area (Å²) in [5.41, 5.74) is 6.30. The molecule has 0 saturated carbocycles. The lowest BCUT2D eigenvalue weighted by molar-refractivity contribution is -0.119. The van der Waals surface area contributed by atoms with Gasteiger partial charge in [0.2, 0.25) is 0 Å². The maximum atomic E-state index is 11.9. The van der Waals surface area contributed by atoms with Crippen LogP contribution >= 0.6 is 0 Å². The smallest absolute Gasteiger partial charge is 0.259 e. The Kier molecular flexibility index (Phi) is 5.74. The van der Waals surface area contributed by atoms with E-state index in [0.717, 1.165) is 28.3 Å². The molecule has 5 nitrogen and oxygen atoms in total. The van der Waals surface area contributed by atoms with Gasteiger partial charge in [-0.15, -0.1) is 0 Å². The zero-order chi connectivity index (χ0) is 16.7. The molecular weight excluding hydrogens is 290 g/mol. The minimum absolute atomic E-state index is 0.137. The molecule has 0 unspecified atom stereocenters. The lowest BCUT2D eigenvalue weighted by Crippen LogP contribution is -2.26. The minimum Gasteiger partial charge on any atom is -0.497 e. The van der Waals surface area contributed by atoms with Crippen LogP contribution in [0.3, 0.4) is 0 Å². The van der Waals surface area contributed by atoms with Gasteiger partial charge in [0.15, 0.2) is 0 Å². The normalized spacial score (nSPS) is 11.0. The molecule has 0 bridgehead atoms. The Bertz CT molecular complexity index is 711. The predicted octanol–water partition coefficient (Wildman–Crippen LogP) is 2.96. The van der Waals surface area contributed by atoms with Gasteiger partial charge in [0.1, 0.15) is 5.75 Å². The third kappa shape index (κ3) is 4.85. The number of hydrazone groups is 1. The van der Waals surface area contributed by atoms with Gasteiger partial charge in [0, 0.05) is 17.3 Å². The van der Waals surface area contributed by atoms with Crippen molar-refractivity contribution in [3.63, 3.8) is 0 Å². The van der Waals surface area contributed by atoms with E-state index in [-0.39, 0.29) is 12.5 Å². The molecule has 0 aromatic heterocycles. The molecule has 2 aromatic carbocycles. The Labute approximate surface area is 136 Å². The van der Waals surface area contributed by atoms with Crippen LogP contribution in [0.4, 0.5) is 5.69 Å². The number of benzene rings is 2. The van der Waals surface area contributed by atoms with Crippen molar-refractivity contribution in [1.29, 1.82) is 0 Å². The van der Waals surface area contributed by atoms with Gasteiger partial charge in [-0.1, -0.05) is 30.3 Å². The van der Waals surface area contributed by atoms with Gasteiger partial charge in [-0.05, 0) is 31.5 Å². The molecule has 0 saturated heterocycles. The highest BCUT2D eigenvalue weighted by Gasteiger charge is 2.04. The van der Waals surface area contributed by atoms with Crippen LogP contribution in [-0.2, 0) is 4.79 Å². The van der Waals surface area contributed by atoms with Crippen molar-refractivity contribution in [1.82, 2.24) is 5.43 Å². The number of nitrogens with zero attached hydrogens (tertiary/aromatic N) is 1. The van der Waals surface area contributed by atoms with Crippen molar-refractivity contribution in [3.05, 3.63) is 59.7 Å². The predicted molar refractivity (Wildman–Crippen MR) is 93.0 cm³/mol. The molecule has 0 aliphatic rings. The number of aryl methyl sites for hydroxylation is 1. The lowest BCUT2D eigenvalue weighted by Gasteiger charge is -2.08. The van der Waals surface area contributed by atoms with Crippen molar-refractivity contribution in [2.75, 3.05) is 19.0 Å². The molecule has 23 heavy (non-hydrogen) atoms. The molecule has 0 heterocycles. The van der Waals surface area contributed by atoms with E-state index >= 15 is 0 Å². The number of rotatable bonds is 6. The second-order valence-electron chi connectivity index (χ2n) is 5.13. The maximum absolute atomic E-state index is 11.9. The van der Waals surface area contributed by atoms with E-state index in [1.807, 2.05) is 62.4 Å². The quantitative estimate of drug-likeness (QED) is 0.637. The van der Waals surface area contributed by atoms with Gasteiger partial charge in [0.05, 0.1) is 19.4 Å². The molecule has 0 aliphatic heterocycles. The molecular formula is C18H21N3O2. The van der Waals surface area contributed by atoms with Crippen LogP contribution < -0.4 is 15.5 Å². The fraction of sp³-hybridized carbons (Fsp3) is 0.222. The van der Waals surface area contributed by atoms with Crippen LogP contribution in [-0.4, -0.2) is 25.3 Å². The fourth-order valence-electron chi connectivity index (χ4n) is 2.14. The van der Waals surface area contributed by atoms with Gasteiger partial charge < -0.3 is 10.1 Å². The third-order valence-electron chi connectivity index (χ3n) is 3.41. The van der Waals surface area contributed by atoms with Crippen LogP contribution in [0, 0.1) is 6.92 Å². The zero-order valence-corrected chi connectivity index (χ0v) is 13.6. The van der Waals surface area contributed by atoms with Gasteiger partial charge in [-0.25, -0.2) is 5.43 Å². The molecule has 120 valence electrons. The first kappa shape index (κ1) is 16.5. The van der Waals surface area contributed by atoms with Crippen LogP contribution in [0.5, 0.6) is 5.75 Å². The molecule has 5 heteroatoms. The summed E-state index contributed by atoms with van der Waals surface area (Å²) >= 11 is 0. The summed E-state index contributed by atoms with van der Waals surface area (Å²) in [4.78, 5) is 11.9. The Balaban J connectivity index is 1.89. The van der Waals surface area contributed by atoms with E-state index in [2.05, 4.69) is 15.8 Å². The van der Waals surface area contributed by atoms with Crippen molar-refractivity contribution in [3.8, 4) is 5.75 Å². The molecule has 2 N–H and O–H groups in total.